The van der Waals surface area contributed by atoms with E-state index in [2.05, 4.69) is 57.3 Å². The summed E-state index contributed by atoms with van der Waals surface area (Å²) in [4.78, 5) is 0. The third kappa shape index (κ3) is 5.68. The topological polar surface area (TPSA) is 12.0 Å². The Kier molecular flexibility index (Phi) is 7.04. The molecule has 1 aromatic carbocycles. The van der Waals surface area contributed by atoms with Crippen LogP contribution in [0.15, 0.2) is 24.3 Å². The summed E-state index contributed by atoms with van der Waals surface area (Å²) in [6.07, 6.45) is 3.74. The maximum absolute atomic E-state index is 3.58. The Hall–Kier alpha value is -0.820. The molecule has 1 atom stereocenters. The highest BCUT2D eigenvalue weighted by Crippen LogP contribution is 2.14. The zero-order valence-electron chi connectivity index (χ0n) is 12.5. The lowest BCUT2D eigenvalue weighted by Crippen LogP contribution is -2.21. The van der Waals surface area contributed by atoms with E-state index in [1.54, 1.807) is 0 Å². The second-order valence-corrected chi connectivity index (χ2v) is 5.85. The molecule has 1 aromatic rings. The SMILES string of the molecule is CCC(C)CNCc1ccccc1CCC(C)C. The second-order valence-electron chi connectivity index (χ2n) is 5.85. The standard InChI is InChI=1S/C17H29N/c1-5-15(4)12-18-13-17-9-7-6-8-16(17)11-10-14(2)3/h6-9,14-15,18H,5,10-13H2,1-4H3. The van der Waals surface area contributed by atoms with Gasteiger partial charge >= 0.3 is 0 Å². The molecule has 0 bridgehead atoms. The highest BCUT2D eigenvalue weighted by molar-refractivity contribution is 5.27. The summed E-state index contributed by atoms with van der Waals surface area (Å²) in [6.45, 7) is 11.3. The smallest absolute Gasteiger partial charge is 0.0208 e. The summed E-state index contributed by atoms with van der Waals surface area (Å²) >= 11 is 0. The minimum Gasteiger partial charge on any atom is -0.312 e. The van der Waals surface area contributed by atoms with Crippen molar-refractivity contribution in [3.8, 4) is 0 Å². The van der Waals surface area contributed by atoms with Crippen LogP contribution < -0.4 is 5.32 Å². The van der Waals surface area contributed by atoms with E-state index in [0.29, 0.717) is 0 Å². The van der Waals surface area contributed by atoms with Crippen LogP contribution in [-0.4, -0.2) is 6.54 Å². The van der Waals surface area contributed by atoms with Crippen molar-refractivity contribution >= 4 is 0 Å². The van der Waals surface area contributed by atoms with Crippen LogP contribution in [0.25, 0.3) is 0 Å². The Morgan fingerprint density at radius 1 is 1.06 bits per heavy atom. The molecule has 0 aliphatic heterocycles. The average Bonchev–Trinajstić information content (AvgIpc) is 2.37. The third-order valence-electron chi connectivity index (χ3n) is 3.61. The van der Waals surface area contributed by atoms with Gasteiger partial charge in [0.15, 0.2) is 0 Å². The molecule has 1 heteroatoms. The minimum atomic E-state index is 0.771. The lowest BCUT2D eigenvalue weighted by atomic mass is 9.98. The predicted octanol–water partition coefficient (Wildman–Crippen LogP) is 4.41. The van der Waals surface area contributed by atoms with Crippen molar-refractivity contribution in [1.82, 2.24) is 5.32 Å². The van der Waals surface area contributed by atoms with Gasteiger partial charge in [0.05, 0.1) is 0 Å². The fourth-order valence-electron chi connectivity index (χ4n) is 2.02. The van der Waals surface area contributed by atoms with Crippen LogP contribution >= 0.6 is 0 Å². The van der Waals surface area contributed by atoms with Gasteiger partial charge in [-0.25, -0.2) is 0 Å². The molecule has 102 valence electrons. The van der Waals surface area contributed by atoms with E-state index in [1.165, 1.54) is 30.4 Å². The van der Waals surface area contributed by atoms with Crippen molar-refractivity contribution in [2.45, 2.75) is 53.5 Å². The van der Waals surface area contributed by atoms with Gasteiger partial charge in [-0.1, -0.05) is 58.4 Å². The molecule has 1 unspecified atom stereocenters. The zero-order valence-corrected chi connectivity index (χ0v) is 12.5. The van der Waals surface area contributed by atoms with Gasteiger partial charge in [0.1, 0.15) is 0 Å². The van der Waals surface area contributed by atoms with E-state index in [0.717, 1.165) is 24.9 Å². The van der Waals surface area contributed by atoms with E-state index >= 15 is 0 Å². The molecular formula is C17H29N. The molecule has 0 aromatic heterocycles. The normalized spacial score (nSPS) is 12.9. The van der Waals surface area contributed by atoms with Crippen molar-refractivity contribution < 1.29 is 0 Å². The second kappa shape index (κ2) is 8.31. The van der Waals surface area contributed by atoms with Gasteiger partial charge in [0, 0.05) is 6.54 Å². The van der Waals surface area contributed by atoms with Crippen LogP contribution in [0.4, 0.5) is 0 Å². The summed E-state index contributed by atoms with van der Waals surface area (Å²) in [5.41, 5.74) is 2.99. The number of hydrogen-bond donors (Lipinski definition) is 1. The van der Waals surface area contributed by atoms with Crippen LogP contribution in [0.2, 0.25) is 0 Å². The van der Waals surface area contributed by atoms with Crippen molar-refractivity contribution in [2.75, 3.05) is 6.54 Å². The molecule has 0 radical (unpaired) electrons. The molecule has 0 aliphatic rings. The summed E-state index contributed by atoms with van der Waals surface area (Å²) in [6, 6.07) is 8.86. The quantitative estimate of drug-likeness (QED) is 0.717. The van der Waals surface area contributed by atoms with Crippen LogP contribution in [0, 0.1) is 11.8 Å². The third-order valence-corrected chi connectivity index (χ3v) is 3.61. The van der Waals surface area contributed by atoms with Gasteiger partial charge in [-0.15, -0.1) is 0 Å². The number of benzene rings is 1. The van der Waals surface area contributed by atoms with Crippen molar-refractivity contribution in [3.63, 3.8) is 0 Å². The van der Waals surface area contributed by atoms with E-state index in [9.17, 15) is 0 Å². The van der Waals surface area contributed by atoms with Gasteiger partial charge in [-0.05, 0) is 42.3 Å². The molecule has 0 aliphatic carbocycles. The molecular weight excluding hydrogens is 218 g/mol. The Bertz CT molecular complexity index is 330. The number of rotatable bonds is 8. The Morgan fingerprint density at radius 2 is 1.72 bits per heavy atom. The summed E-state index contributed by atoms with van der Waals surface area (Å²) < 4.78 is 0. The monoisotopic (exact) mass is 247 g/mol. The first-order valence-corrected chi connectivity index (χ1v) is 7.41. The van der Waals surface area contributed by atoms with Crippen LogP contribution in [0.1, 0.15) is 51.7 Å². The van der Waals surface area contributed by atoms with Crippen LogP contribution in [0.3, 0.4) is 0 Å². The van der Waals surface area contributed by atoms with Crippen molar-refractivity contribution in [1.29, 1.82) is 0 Å². The van der Waals surface area contributed by atoms with Gasteiger partial charge in [0.2, 0.25) is 0 Å². The molecule has 1 N–H and O–H groups in total. The molecule has 1 nitrogen and oxygen atoms in total. The van der Waals surface area contributed by atoms with Crippen LogP contribution in [-0.2, 0) is 13.0 Å². The Balaban J connectivity index is 2.48. The predicted molar refractivity (Wildman–Crippen MR) is 80.8 cm³/mol. The first-order valence-electron chi connectivity index (χ1n) is 7.41. The number of nitrogens with one attached hydrogen (secondary N) is 1. The highest BCUT2D eigenvalue weighted by atomic mass is 14.9. The highest BCUT2D eigenvalue weighted by Gasteiger charge is 2.04. The van der Waals surface area contributed by atoms with E-state index in [4.69, 9.17) is 0 Å². The fourth-order valence-corrected chi connectivity index (χ4v) is 2.02. The summed E-state index contributed by atoms with van der Waals surface area (Å²) in [5, 5.41) is 3.58. The average molecular weight is 247 g/mol. The summed E-state index contributed by atoms with van der Waals surface area (Å²) in [5.74, 6) is 1.55. The number of hydrogen-bond acceptors (Lipinski definition) is 1. The molecule has 0 amide bonds. The summed E-state index contributed by atoms with van der Waals surface area (Å²) in [7, 11) is 0. The molecule has 1 rings (SSSR count). The zero-order chi connectivity index (χ0) is 13.4. The first-order chi connectivity index (χ1) is 8.63. The van der Waals surface area contributed by atoms with Crippen molar-refractivity contribution in [2.24, 2.45) is 11.8 Å². The van der Waals surface area contributed by atoms with Crippen molar-refractivity contribution in [3.05, 3.63) is 35.4 Å². The van der Waals surface area contributed by atoms with E-state index in [-0.39, 0.29) is 0 Å². The molecule has 0 saturated heterocycles. The number of aryl methyl sites for hydroxylation is 1. The minimum absolute atomic E-state index is 0.771. The van der Waals surface area contributed by atoms with Crippen LogP contribution in [0.5, 0.6) is 0 Å². The van der Waals surface area contributed by atoms with Gasteiger partial charge in [0.25, 0.3) is 0 Å². The van der Waals surface area contributed by atoms with Gasteiger partial charge < -0.3 is 5.32 Å². The molecule has 0 fully saturated rings. The maximum atomic E-state index is 3.58. The molecule has 0 spiro atoms. The molecule has 0 heterocycles. The maximum Gasteiger partial charge on any atom is 0.0208 e. The Morgan fingerprint density at radius 3 is 2.33 bits per heavy atom. The lowest BCUT2D eigenvalue weighted by Gasteiger charge is -2.13. The van der Waals surface area contributed by atoms with E-state index < -0.39 is 0 Å². The Labute approximate surface area is 113 Å². The van der Waals surface area contributed by atoms with Gasteiger partial charge in [-0.2, -0.15) is 0 Å². The largest absolute Gasteiger partial charge is 0.312 e. The molecule has 18 heavy (non-hydrogen) atoms. The first kappa shape index (κ1) is 15.2. The van der Waals surface area contributed by atoms with Gasteiger partial charge in [-0.3, -0.25) is 0 Å². The molecule has 0 saturated carbocycles. The fraction of sp³-hybridized carbons (Fsp3) is 0.647. The van der Waals surface area contributed by atoms with E-state index in [1.807, 2.05) is 0 Å². The lowest BCUT2D eigenvalue weighted by molar-refractivity contribution is 0.498.